The van der Waals surface area contributed by atoms with Crippen molar-refractivity contribution >= 4 is 5.78 Å². The molecule has 1 spiro atoms. The van der Waals surface area contributed by atoms with Crippen molar-refractivity contribution in [3.63, 3.8) is 0 Å². The number of rotatable bonds is 0. The summed E-state index contributed by atoms with van der Waals surface area (Å²) in [5, 5.41) is 10.1. The second kappa shape index (κ2) is 3.64. The first-order valence-corrected chi connectivity index (χ1v) is 6.28. The van der Waals surface area contributed by atoms with Crippen molar-refractivity contribution in [2.75, 3.05) is 13.2 Å². The van der Waals surface area contributed by atoms with Gasteiger partial charge in [-0.2, -0.15) is 0 Å². The van der Waals surface area contributed by atoms with E-state index in [4.69, 9.17) is 9.47 Å². The molecule has 1 N–H and O–H groups in total. The van der Waals surface area contributed by atoms with Crippen molar-refractivity contribution in [2.45, 2.75) is 44.5 Å². The molecule has 3 aliphatic rings. The normalized spacial score (nSPS) is 40.2. The monoisotopic (exact) mass is 238 g/mol. The molecule has 0 aromatic heterocycles. The third-order valence-electron chi connectivity index (χ3n) is 4.53. The van der Waals surface area contributed by atoms with E-state index < -0.39 is 11.9 Å². The van der Waals surface area contributed by atoms with Gasteiger partial charge in [-0.1, -0.05) is 6.92 Å². The minimum Gasteiger partial charge on any atom is -0.389 e. The number of carbonyl (C=O) groups excluding carboxylic acids is 1. The molecule has 17 heavy (non-hydrogen) atoms. The van der Waals surface area contributed by atoms with Crippen LogP contribution >= 0.6 is 0 Å². The van der Waals surface area contributed by atoms with Gasteiger partial charge in [0, 0.05) is 18.3 Å². The number of carbonyl (C=O) groups is 1. The first-order valence-electron chi connectivity index (χ1n) is 6.28. The Morgan fingerprint density at radius 2 is 2.06 bits per heavy atom. The number of ether oxygens (including phenoxy) is 2. The topological polar surface area (TPSA) is 55.8 Å². The van der Waals surface area contributed by atoms with Gasteiger partial charge in [0.2, 0.25) is 0 Å². The number of aliphatic hydroxyl groups excluding tert-OH is 1. The van der Waals surface area contributed by atoms with Crippen LogP contribution in [0, 0.1) is 5.41 Å². The zero-order valence-corrected chi connectivity index (χ0v) is 10.1. The van der Waals surface area contributed by atoms with Crippen LogP contribution in [0.2, 0.25) is 0 Å². The molecular formula is C13H18O4. The summed E-state index contributed by atoms with van der Waals surface area (Å²) in [5.41, 5.74) is 0.455. The van der Waals surface area contributed by atoms with Gasteiger partial charge in [0.05, 0.1) is 19.3 Å². The molecule has 3 rings (SSSR count). The molecule has 2 fully saturated rings. The number of hydrogen-bond acceptors (Lipinski definition) is 4. The van der Waals surface area contributed by atoms with Crippen LogP contribution in [0.5, 0.6) is 0 Å². The molecular weight excluding hydrogens is 220 g/mol. The van der Waals surface area contributed by atoms with Gasteiger partial charge >= 0.3 is 0 Å². The lowest BCUT2D eigenvalue weighted by molar-refractivity contribution is -0.244. The maximum Gasteiger partial charge on any atom is 0.177 e. The molecule has 0 radical (unpaired) electrons. The summed E-state index contributed by atoms with van der Waals surface area (Å²) >= 11 is 0. The van der Waals surface area contributed by atoms with Gasteiger partial charge in [0.15, 0.2) is 11.6 Å². The first-order chi connectivity index (χ1) is 8.07. The largest absolute Gasteiger partial charge is 0.389 e. The van der Waals surface area contributed by atoms with Crippen LogP contribution in [0.3, 0.4) is 0 Å². The Hall–Kier alpha value is -0.710. The molecule has 0 aromatic carbocycles. The van der Waals surface area contributed by atoms with E-state index in [0.717, 1.165) is 5.57 Å². The number of fused-ring (bicyclic) bond motifs is 2. The van der Waals surface area contributed by atoms with E-state index in [1.807, 2.05) is 0 Å². The highest BCUT2D eigenvalue weighted by Gasteiger charge is 2.59. The molecule has 94 valence electrons. The van der Waals surface area contributed by atoms with Crippen LogP contribution in [-0.4, -0.2) is 36.0 Å². The van der Waals surface area contributed by atoms with Crippen molar-refractivity contribution in [1.82, 2.24) is 0 Å². The second-order valence-electron chi connectivity index (χ2n) is 5.40. The Labute approximate surface area is 101 Å². The van der Waals surface area contributed by atoms with Gasteiger partial charge in [-0.05, 0) is 24.5 Å². The van der Waals surface area contributed by atoms with Crippen LogP contribution in [0.4, 0.5) is 0 Å². The maximum atomic E-state index is 11.5. The molecule has 1 saturated carbocycles. The smallest absolute Gasteiger partial charge is 0.177 e. The van der Waals surface area contributed by atoms with Gasteiger partial charge in [-0.25, -0.2) is 0 Å². The van der Waals surface area contributed by atoms with E-state index in [1.165, 1.54) is 0 Å². The number of allylic oxidation sites excluding steroid dienone is 1. The van der Waals surface area contributed by atoms with E-state index in [9.17, 15) is 9.90 Å². The molecule has 0 amide bonds. The fraction of sp³-hybridized carbons (Fsp3) is 0.769. The van der Waals surface area contributed by atoms with Crippen molar-refractivity contribution in [3.8, 4) is 0 Å². The molecule has 1 aliphatic heterocycles. The average molecular weight is 238 g/mol. The molecule has 2 atom stereocenters. The highest BCUT2D eigenvalue weighted by molar-refractivity contribution is 5.92. The highest BCUT2D eigenvalue weighted by Crippen LogP contribution is 2.55. The van der Waals surface area contributed by atoms with Crippen LogP contribution in [0.25, 0.3) is 0 Å². The summed E-state index contributed by atoms with van der Waals surface area (Å²) in [6.45, 7) is 3.26. The van der Waals surface area contributed by atoms with Crippen molar-refractivity contribution in [3.05, 3.63) is 11.6 Å². The first kappa shape index (κ1) is 11.4. The minimum atomic E-state index is -0.612. The van der Waals surface area contributed by atoms with Crippen LogP contribution in [0.1, 0.15) is 32.6 Å². The van der Waals surface area contributed by atoms with Gasteiger partial charge in [-0.3, -0.25) is 4.79 Å². The van der Waals surface area contributed by atoms with Crippen LogP contribution in [0.15, 0.2) is 11.6 Å². The SMILES string of the molecule is C[C@]12CCC(=O)C=C1[C@H](O)CCC21OCCO1. The molecule has 0 unspecified atom stereocenters. The third kappa shape index (κ3) is 1.44. The Kier molecular flexibility index (Phi) is 2.44. The van der Waals surface area contributed by atoms with Crippen LogP contribution < -0.4 is 0 Å². The van der Waals surface area contributed by atoms with Crippen molar-refractivity contribution in [1.29, 1.82) is 0 Å². The summed E-state index contributed by atoms with van der Waals surface area (Å²) in [7, 11) is 0. The number of hydrogen-bond donors (Lipinski definition) is 1. The number of ketones is 1. The molecule has 1 heterocycles. The van der Waals surface area contributed by atoms with E-state index in [1.54, 1.807) is 6.08 Å². The van der Waals surface area contributed by atoms with Crippen molar-refractivity contribution in [2.24, 2.45) is 5.41 Å². The highest BCUT2D eigenvalue weighted by atomic mass is 16.7. The quantitative estimate of drug-likeness (QED) is 0.688. The fourth-order valence-corrected chi connectivity index (χ4v) is 3.47. The van der Waals surface area contributed by atoms with Gasteiger partial charge < -0.3 is 14.6 Å². The van der Waals surface area contributed by atoms with E-state index in [2.05, 4.69) is 6.92 Å². The zero-order chi connectivity index (χ0) is 12.1. The Balaban J connectivity index is 2.06. The molecule has 4 heteroatoms. The molecule has 0 bridgehead atoms. The Morgan fingerprint density at radius 1 is 1.35 bits per heavy atom. The average Bonchev–Trinajstić information content (AvgIpc) is 2.78. The Bertz CT molecular complexity index is 381. The lowest BCUT2D eigenvalue weighted by atomic mass is 9.61. The molecule has 1 saturated heterocycles. The summed E-state index contributed by atoms with van der Waals surface area (Å²) in [5.74, 6) is -0.509. The summed E-state index contributed by atoms with van der Waals surface area (Å²) in [6.07, 6.45) is 3.61. The zero-order valence-electron chi connectivity index (χ0n) is 10.1. The summed E-state index contributed by atoms with van der Waals surface area (Å²) < 4.78 is 11.7. The predicted octanol–water partition coefficient (Wildman–Crippen LogP) is 1.18. The van der Waals surface area contributed by atoms with Crippen molar-refractivity contribution < 1.29 is 19.4 Å². The molecule has 2 aliphatic carbocycles. The minimum absolute atomic E-state index is 0.103. The molecule has 4 nitrogen and oxygen atoms in total. The van der Waals surface area contributed by atoms with E-state index in [-0.39, 0.29) is 11.2 Å². The summed E-state index contributed by atoms with van der Waals surface area (Å²) in [4.78, 5) is 11.5. The van der Waals surface area contributed by atoms with Gasteiger partial charge in [0.1, 0.15) is 0 Å². The third-order valence-corrected chi connectivity index (χ3v) is 4.53. The number of aliphatic hydroxyl groups is 1. The summed E-state index contributed by atoms with van der Waals surface area (Å²) in [6, 6.07) is 0. The van der Waals surface area contributed by atoms with E-state index in [0.29, 0.717) is 38.9 Å². The molecule has 0 aromatic rings. The van der Waals surface area contributed by atoms with Gasteiger partial charge in [0.25, 0.3) is 0 Å². The Morgan fingerprint density at radius 3 is 2.76 bits per heavy atom. The lowest BCUT2D eigenvalue weighted by Gasteiger charge is -2.52. The van der Waals surface area contributed by atoms with Gasteiger partial charge in [-0.15, -0.1) is 0 Å². The van der Waals surface area contributed by atoms with Crippen LogP contribution in [-0.2, 0) is 14.3 Å². The lowest BCUT2D eigenvalue weighted by Crippen LogP contribution is -2.55. The second-order valence-corrected chi connectivity index (χ2v) is 5.40. The predicted molar refractivity (Wildman–Crippen MR) is 60.3 cm³/mol. The maximum absolute atomic E-state index is 11.5. The fourth-order valence-electron chi connectivity index (χ4n) is 3.47. The standard InChI is InChI=1S/C13H18O4/c1-12-4-2-9(14)8-10(12)11(15)3-5-13(12)16-6-7-17-13/h8,11,15H,2-7H2,1H3/t11-,12+/m1/s1. The van der Waals surface area contributed by atoms with E-state index >= 15 is 0 Å².